The summed E-state index contributed by atoms with van der Waals surface area (Å²) in [5, 5.41) is 8.68. The van der Waals surface area contributed by atoms with Crippen molar-refractivity contribution in [3.63, 3.8) is 0 Å². The van der Waals surface area contributed by atoms with E-state index in [2.05, 4.69) is 16.6 Å². The molecule has 0 amide bonds. The van der Waals surface area contributed by atoms with Crippen molar-refractivity contribution in [2.45, 2.75) is 33.1 Å². The van der Waals surface area contributed by atoms with Gasteiger partial charge in [0.25, 0.3) is 0 Å². The summed E-state index contributed by atoms with van der Waals surface area (Å²) in [6.45, 7) is 3.83. The Morgan fingerprint density at radius 2 is 2.10 bits per heavy atom. The molecule has 1 rings (SSSR count). The topological polar surface area (TPSA) is 66.4 Å². The van der Waals surface area contributed by atoms with Crippen LogP contribution in [0.4, 0.5) is 5.69 Å². The Morgan fingerprint density at radius 3 is 2.75 bits per heavy atom. The summed E-state index contributed by atoms with van der Waals surface area (Å²) in [6, 6.07) is 5.40. The Bertz CT molecular complexity index is 597. The number of hydrogen-bond donors (Lipinski definition) is 2. The van der Waals surface area contributed by atoms with E-state index >= 15 is 0 Å². The molecule has 0 aromatic heterocycles. The molecule has 0 saturated heterocycles. The lowest BCUT2D eigenvalue weighted by molar-refractivity contribution is 0.305. The normalized spacial score (nSPS) is 10.8. The van der Waals surface area contributed by atoms with E-state index in [0.717, 1.165) is 17.5 Å². The van der Waals surface area contributed by atoms with Gasteiger partial charge in [-0.3, -0.25) is 4.72 Å². The molecule has 0 fully saturated rings. The second-order valence-corrected chi connectivity index (χ2v) is 6.42. The van der Waals surface area contributed by atoms with Crippen LogP contribution in [0.15, 0.2) is 18.2 Å². The van der Waals surface area contributed by atoms with Crippen molar-refractivity contribution in [2.75, 3.05) is 17.1 Å². The standard InChI is InChI=1S/C15H21NO3S/c1-3-4-11-20(18,19)16-15-12-14(7-5-6-10-17)9-8-13(15)2/h8-9,12,16-17H,3-4,6,10-11H2,1-2H3. The van der Waals surface area contributed by atoms with E-state index in [1.807, 2.05) is 26.0 Å². The number of unbranched alkanes of at least 4 members (excludes halogenated alkanes) is 1. The van der Waals surface area contributed by atoms with Gasteiger partial charge in [-0.2, -0.15) is 0 Å². The Labute approximate surface area is 121 Å². The van der Waals surface area contributed by atoms with Gasteiger partial charge in [-0.1, -0.05) is 31.3 Å². The van der Waals surface area contributed by atoms with Crippen LogP contribution < -0.4 is 4.72 Å². The molecular weight excluding hydrogens is 274 g/mol. The van der Waals surface area contributed by atoms with Crippen LogP contribution in [-0.4, -0.2) is 25.9 Å². The minimum Gasteiger partial charge on any atom is -0.395 e. The molecule has 0 radical (unpaired) electrons. The van der Waals surface area contributed by atoms with Crippen molar-refractivity contribution in [3.05, 3.63) is 29.3 Å². The summed E-state index contributed by atoms with van der Waals surface area (Å²) in [5.41, 5.74) is 2.16. The number of nitrogens with one attached hydrogen (secondary N) is 1. The quantitative estimate of drug-likeness (QED) is 0.791. The number of aliphatic hydroxyl groups is 1. The molecule has 0 aliphatic heterocycles. The average Bonchev–Trinajstić information content (AvgIpc) is 2.40. The summed E-state index contributed by atoms with van der Waals surface area (Å²) in [6.07, 6.45) is 1.89. The Morgan fingerprint density at radius 1 is 1.35 bits per heavy atom. The zero-order valence-electron chi connectivity index (χ0n) is 11.9. The molecule has 0 aliphatic rings. The summed E-state index contributed by atoms with van der Waals surface area (Å²) in [7, 11) is -3.30. The molecule has 110 valence electrons. The molecule has 5 heteroatoms. The zero-order chi connectivity index (χ0) is 15.0. The average molecular weight is 295 g/mol. The van der Waals surface area contributed by atoms with Crippen LogP contribution in [0.5, 0.6) is 0 Å². The third-order valence-corrected chi connectivity index (χ3v) is 4.10. The van der Waals surface area contributed by atoms with E-state index < -0.39 is 10.0 Å². The molecule has 0 unspecified atom stereocenters. The summed E-state index contributed by atoms with van der Waals surface area (Å²) in [5.74, 6) is 5.84. The highest BCUT2D eigenvalue weighted by molar-refractivity contribution is 7.92. The van der Waals surface area contributed by atoms with Gasteiger partial charge in [-0.05, 0) is 31.0 Å². The molecule has 1 aromatic carbocycles. The van der Waals surface area contributed by atoms with Gasteiger partial charge in [0.15, 0.2) is 0 Å². The van der Waals surface area contributed by atoms with Crippen molar-refractivity contribution in [2.24, 2.45) is 0 Å². The third-order valence-electron chi connectivity index (χ3n) is 2.74. The van der Waals surface area contributed by atoms with E-state index in [9.17, 15) is 8.42 Å². The lowest BCUT2D eigenvalue weighted by Gasteiger charge is -2.10. The molecule has 0 saturated carbocycles. The molecular formula is C15H21NO3S. The van der Waals surface area contributed by atoms with Gasteiger partial charge in [0.2, 0.25) is 10.0 Å². The molecule has 0 atom stereocenters. The predicted octanol–water partition coefficient (Wildman–Crippen LogP) is 2.27. The fourth-order valence-corrected chi connectivity index (χ4v) is 2.91. The molecule has 0 spiro atoms. The number of benzene rings is 1. The van der Waals surface area contributed by atoms with Gasteiger partial charge in [-0.25, -0.2) is 8.42 Å². The van der Waals surface area contributed by atoms with Crippen LogP contribution in [0.1, 0.15) is 37.3 Å². The first kappa shape index (κ1) is 16.5. The van der Waals surface area contributed by atoms with Gasteiger partial charge < -0.3 is 5.11 Å². The first-order chi connectivity index (χ1) is 9.48. The van der Waals surface area contributed by atoms with Gasteiger partial charge in [0, 0.05) is 12.0 Å². The van der Waals surface area contributed by atoms with Crippen LogP contribution in [0.25, 0.3) is 0 Å². The lowest BCUT2D eigenvalue weighted by atomic mass is 10.1. The highest BCUT2D eigenvalue weighted by Crippen LogP contribution is 2.18. The Balaban J connectivity index is 2.90. The minimum atomic E-state index is -3.30. The highest BCUT2D eigenvalue weighted by Gasteiger charge is 2.11. The second kappa shape index (κ2) is 7.93. The van der Waals surface area contributed by atoms with Crippen LogP contribution in [-0.2, 0) is 10.0 Å². The molecule has 20 heavy (non-hydrogen) atoms. The SMILES string of the molecule is CCCCS(=O)(=O)Nc1cc(C#CCCO)ccc1C. The number of aryl methyl sites for hydroxylation is 1. The van der Waals surface area contributed by atoms with Gasteiger partial charge >= 0.3 is 0 Å². The van der Waals surface area contributed by atoms with E-state index in [1.54, 1.807) is 6.07 Å². The van der Waals surface area contributed by atoms with Crippen molar-refractivity contribution in [1.29, 1.82) is 0 Å². The maximum absolute atomic E-state index is 11.9. The smallest absolute Gasteiger partial charge is 0.232 e. The molecule has 0 heterocycles. The highest BCUT2D eigenvalue weighted by atomic mass is 32.2. The lowest BCUT2D eigenvalue weighted by Crippen LogP contribution is -2.17. The van der Waals surface area contributed by atoms with Crippen molar-refractivity contribution < 1.29 is 13.5 Å². The van der Waals surface area contributed by atoms with Gasteiger partial charge in [0.05, 0.1) is 18.0 Å². The van der Waals surface area contributed by atoms with E-state index in [4.69, 9.17) is 5.11 Å². The Kier molecular flexibility index (Phi) is 6.56. The molecule has 4 nitrogen and oxygen atoms in total. The molecule has 0 aliphatic carbocycles. The Hall–Kier alpha value is -1.51. The summed E-state index contributed by atoms with van der Waals surface area (Å²) < 4.78 is 26.4. The van der Waals surface area contributed by atoms with Crippen molar-refractivity contribution in [3.8, 4) is 11.8 Å². The first-order valence-corrected chi connectivity index (χ1v) is 8.34. The number of aliphatic hydroxyl groups excluding tert-OH is 1. The van der Waals surface area contributed by atoms with Crippen molar-refractivity contribution in [1.82, 2.24) is 0 Å². The largest absolute Gasteiger partial charge is 0.395 e. The number of hydrogen-bond acceptors (Lipinski definition) is 3. The van der Waals surface area contributed by atoms with E-state index in [1.165, 1.54) is 0 Å². The maximum Gasteiger partial charge on any atom is 0.232 e. The minimum absolute atomic E-state index is 0.0232. The van der Waals surface area contributed by atoms with Crippen LogP contribution >= 0.6 is 0 Å². The van der Waals surface area contributed by atoms with Crippen LogP contribution in [0.2, 0.25) is 0 Å². The molecule has 1 aromatic rings. The summed E-state index contributed by atoms with van der Waals surface area (Å²) in [4.78, 5) is 0. The van der Waals surface area contributed by atoms with Crippen molar-refractivity contribution >= 4 is 15.7 Å². The summed E-state index contributed by atoms with van der Waals surface area (Å²) >= 11 is 0. The first-order valence-electron chi connectivity index (χ1n) is 6.69. The maximum atomic E-state index is 11.9. The second-order valence-electron chi connectivity index (χ2n) is 4.58. The predicted molar refractivity (Wildman–Crippen MR) is 82.1 cm³/mol. The fraction of sp³-hybridized carbons (Fsp3) is 0.467. The fourth-order valence-electron chi connectivity index (χ4n) is 1.58. The van der Waals surface area contributed by atoms with Gasteiger partial charge in [0.1, 0.15) is 0 Å². The van der Waals surface area contributed by atoms with Gasteiger partial charge in [-0.15, -0.1) is 0 Å². The van der Waals surface area contributed by atoms with E-state index in [0.29, 0.717) is 18.5 Å². The number of anilines is 1. The van der Waals surface area contributed by atoms with Crippen LogP contribution in [0.3, 0.4) is 0 Å². The molecule has 2 N–H and O–H groups in total. The zero-order valence-corrected chi connectivity index (χ0v) is 12.8. The third kappa shape index (κ3) is 5.64. The number of rotatable bonds is 6. The number of sulfonamides is 1. The van der Waals surface area contributed by atoms with E-state index in [-0.39, 0.29) is 12.4 Å². The van der Waals surface area contributed by atoms with Crippen LogP contribution in [0, 0.1) is 18.8 Å². The molecule has 0 bridgehead atoms. The monoisotopic (exact) mass is 295 g/mol.